The molecule has 1 aromatic rings. The molecule has 0 aliphatic rings. The third kappa shape index (κ3) is 5.08. The summed E-state index contributed by atoms with van der Waals surface area (Å²) in [4.78, 5) is 14.8. The second-order valence-electron chi connectivity index (χ2n) is 5.24. The smallest absolute Gasteiger partial charge is 0.167 e. The Bertz CT molecular complexity index is 448. The van der Waals surface area contributed by atoms with E-state index in [2.05, 4.69) is 25.8 Å². The van der Waals surface area contributed by atoms with Gasteiger partial charge < -0.3 is 4.90 Å². The third-order valence-electron chi connectivity index (χ3n) is 3.35. The lowest BCUT2D eigenvalue weighted by Gasteiger charge is -2.22. The first kappa shape index (κ1) is 17.5. The zero-order valence-electron chi connectivity index (χ0n) is 12.5. The van der Waals surface area contributed by atoms with Crippen molar-refractivity contribution in [1.29, 1.82) is 0 Å². The molecule has 20 heavy (non-hydrogen) atoms. The molecule has 1 atom stereocenters. The first-order valence-electron chi connectivity index (χ1n) is 7.17. The molecule has 0 saturated heterocycles. The second kappa shape index (κ2) is 8.66. The van der Waals surface area contributed by atoms with Crippen molar-refractivity contribution in [2.24, 2.45) is 5.92 Å². The van der Waals surface area contributed by atoms with Gasteiger partial charge in [-0.25, -0.2) is 0 Å². The largest absolute Gasteiger partial charge is 0.306 e. The van der Waals surface area contributed by atoms with Gasteiger partial charge in [0.05, 0.1) is 10.0 Å². The number of carbonyl (C=O) groups excluding carboxylic acids is 1. The standard InChI is InChI=1S/C16H23Cl2NO/c1-4-6-13(11-19(3)9-5-2)16(20)12-7-8-14(17)15(18)10-12/h7-8,10,13H,4-6,9,11H2,1-3H3. The summed E-state index contributed by atoms with van der Waals surface area (Å²) >= 11 is 11.9. The minimum absolute atomic E-state index is 0.0220. The average molecular weight is 316 g/mol. The molecule has 0 aromatic heterocycles. The van der Waals surface area contributed by atoms with Crippen LogP contribution < -0.4 is 0 Å². The van der Waals surface area contributed by atoms with Crippen molar-refractivity contribution in [1.82, 2.24) is 4.90 Å². The van der Waals surface area contributed by atoms with Crippen LogP contribution in [0.2, 0.25) is 10.0 Å². The predicted molar refractivity (Wildman–Crippen MR) is 87.0 cm³/mol. The highest BCUT2D eigenvalue weighted by atomic mass is 35.5. The van der Waals surface area contributed by atoms with E-state index in [9.17, 15) is 4.79 Å². The molecule has 1 aromatic carbocycles. The number of nitrogens with zero attached hydrogens (tertiary/aromatic N) is 1. The van der Waals surface area contributed by atoms with Gasteiger partial charge in [0.25, 0.3) is 0 Å². The highest BCUT2D eigenvalue weighted by molar-refractivity contribution is 6.42. The highest BCUT2D eigenvalue weighted by Gasteiger charge is 2.21. The molecule has 0 N–H and O–H groups in total. The predicted octanol–water partition coefficient (Wildman–Crippen LogP) is 4.93. The molecule has 0 saturated carbocycles. The molecule has 112 valence electrons. The van der Waals surface area contributed by atoms with E-state index in [0.29, 0.717) is 15.6 Å². The molecule has 0 bridgehead atoms. The minimum atomic E-state index is 0.0220. The number of halogens is 2. The van der Waals surface area contributed by atoms with Crippen molar-refractivity contribution >= 4 is 29.0 Å². The Morgan fingerprint density at radius 1 is 1.20 bits per heavy atom. The molecule has 1 rings (SSSR count). The van der Waals surface area contributed by atoms with Gasteiger partial charge in [-0.1, -0.05) is 43.5 Å². The fourth-order valence-electron chi connectivity index (χ4n) is 2.39. The Labute approximate surface area is 132 Å². The zero-order chi connectivity index (χ0) is 15.1. The van der Waals surface area contributed by atoms with Crippen LogP contribution in [-0.4, -0.2) is 30.8 Å². The van der Waals surface area contributed by atoms with Crippen molar-refractivity contribution in [2.75, 3.05) is 20.1 Å². The summed E-state index contributed by atoms with van der Waals surface area (Å²) in [7, 11) is 2.06. The lowest BCUT2D eigenvalue weighted by atomic mass is 9.93. The molecule has 4 heteroatoms. The number of ketones is 1. The molecular formula is C16H23Cl2NO. The van der Waals surface area contributed by atoms with E-state index >= 15 is 0 Å². The van der Waals surface area contributed by atoms with Gasteiger partial charge in [0.1, 0.15) is 0 Å². The number of hydrogen-bond donors (Lipinski definition) is 0. The summed E-state index contributed by atoms with van der Waals surface area (Å²) in [6, 6.07) is 5.13. The Hall–Kier alpha value is -0.570. The topological polar surface area (TPSA) is 20.3 Å². The van der Waals surface area contributed by atoms with E-state index < -0.39 is 0 Å². The monoisotopic (exact) mass is 315 g/mol. The van der Waals surface area contributed by atoms with Crippen LogP contribution in [0.15, 0.2) is 18.2 Å². The van der Waals surface area contributed by atoms with Crippen molar-refractivity contribution in [2.45, 2.75) is 33.1 Å². The average Bonchev–Trinajstić information content (AvgIpc) is 2.41. The van der Waals surface area contributed by atoms with E-state index in [1.54, 1.807) is 18.2 Å². The van der Waals surface area contributed by atoms with Gasteiger partial charge >= 0.3 is 0 Å². The van der Waals surface area contributed by atoms with E-state index in [-0.39, 0.29) is 11.7 Å². The summed E-state index contributed by atoms with van der Waals surface area (Å²) in [5.74, 6) is 0.183. The number of benzene rings is 1. The maximum Gasteiger partial charge on any atom is 0.167 e. The van der Waals surface area contributed by atoms with Crippen LogP contribution in [-0.2, 0) is 0 Å². The van der Waals surface area contributed by atoms with Crippen LogP contribution in [0.5, 0.6) is 0 Å². The van der Waals surface area contributed by atoms with Crippen molar-refractivity contribution < 1.29 is 4.79 Å². The molecule has 2 nitrogen and oxygen atoms in total. The van der Waals surface area contributed by atoms with Gasteiger partial charge in [-0.2, -0.15) is 0 Å². The number of rotatable bonds is 8. The van der Waals surface area contributed by atoms with Gasteiger partial charge in [0.15, 0.2) is 5.78 Å². The second-order valence-corrected chi connectivity index (χ2v) is 6.06. The lowest BCUT2D eigenvalue weighted by Crippen LogP contribution is -2.31. The van der Waals surface area contributed by atoms with Crippen molar-refractivity contribution in [3.63, 3.8) is 0 Å². The highest BCUT2D eigenvalue weighted by Crippen LogP contribution is 2.25. The Morgan fingerprint density at radius 2 is 1.90 bits per heavy atom. The molecule has 0 radical (unpaired) electrons. The van der Waals surface area contributed by atoms with Gasteiger partial charge in [0, 0.05) is 18.0 Å². The molecule has 0 spiro atoms. The van der Waals surface area contributed by atoms with E-state index in [4.69, 9.17) is 23.2 Å². The van der Waals surface area contributed by atoms with Crippen LogP contribution in [0, 0.1) is 5.92 Å². The van der Waals surface area contributed by atoms with Crippen LogP contribution in [0.3, 0.4) is 0 Å². The molecular weight excluding hydrogens is 293 g/mol. The molecule has 0 fully saturated rings. The Morgan fingerprint density at radius 3 is 2.45 bits per heavy atom. The van der Waals surface area contributed by atoms with Gasteiger partial charge in [-0.3, -0.25) is 4.79 Å². The summed E-state index contributed by atoms with van der Waals surface area (Å²) in [5.41, 5.74) is 0.655. The summed E-state index contributed by atoms with van der Waals surface area (Å²) in [6.45, 7) is 6.05. The number of Topliss-reactive ketones (excluding diaryl/α,β-unsaturated/α-hetero) is 1. The number of hydrogen-bond acceptors (Lipinski definition) is 2. The normalized spacial score (nSPS) is 12.7. The van der Waals surface area contributed by atoms with Crippen LogP contribution in [0.4, 0.5) is 0 Å². The van der Waals surface area contributed by atoms with Crippen molar-refractivity contribution in [3.8, 4) is 0 Å². The molecule has 0 heterocycles. The fraction of sp³-hybridized carbons (Fsp3) is 0.562. The van der Waals surface area contributed by atoms with Crippen LogP contribution >= 0.6 is 23.2 Å². The lowest BCUT2D eigenvalue weighted by molar-refractivity contribution is 0.0881. The quantitative estimate of drug-likeness (QED) is 0.634. The first-order chi connectivity index (χ1) is 9.49. The zero-order valence-corrected chi connectivity index (χ0v) is 14.0. The molecule has 0 aliphatic heterocycles. The summed E-state index contributed by atoms with van der Waals surface area (Å²) in [6.07, 6.45) is 2.99. The van der Waals surface area contributed by atoms with Gasteiger partial charge in [-0.15, -0.1) is 0 Å². The minimum Gasteiger partial charge on any atom is -0.306 e. The van der Waals surface area contributed by atoms with Crippen LogP contribution in [0.1, 0.15) is 43.5 Å². The molecule has 0 amide bonds. The van der Waals surface area contributed by atoms with Gasteiger partial charge in [0.2, 0.25) is 0 Å². The Kier molecular flexibility index (Phi) is 7.57. The van der Waals surface area contributed by atoms with Crippen molar-refractivity contribution in [3.05, 3.63) is 33.8 Å². The fourth-order valence-corrected chi connectivity index (χ4v) is 2.69. The van der Waals surface area contributed by atoms with Gasteiger partial charge in [-0.05, 0) is 44.6 Å². The summed E-state index contributed by atoms with van der Waals surface area (Å²) in [5, 5.41) is 0.924. The summed E-state index contributed by atoms with van der Waals surface area (Å²) < 4.78 is 0. The maximum absolute atomic E-state index is 12.6. The third-order valence-corrected chi connectivity index (χ3v) is 4.09. The maximum atomic E-state index is 12.6. The Balaban J connectivity index is 2.84. The number of carbonyl (C=O) groups is 1. The van der Waals surface area contributed by atoms with E-state index in [1.807, 2.05) is 0 Å². The van der Waals surface area contributed by atoms with Crippen LogP contribution in [0.25, 0.3) is 0 Å². The van der Waals surface area contributed by atoms with E-state index in [1.165, 1.54) is 0 Å². The first-order valence-corrected chi connectivity index (χ1v) is 7.93. The SMILES string of the molecule is CCCC(CN(C)CCC)C(=O)c1ccc(Cl)c(Cl)c1. The van der Waals surface area contributed by atoms with E-state index in [0.717, 1.165) is 32.4 Å². The molecule has 1 unspecified atom stereocenters. The molecule has 0 aliphatic carbocycles.